The highest BCUT2D eigenvalue weighted by Gasteiger charge is 2.31. The van der Waals surface area contributed by atoms with Crippen LogP contribution < -0.4 is 0 Å². The van der Waals surface area contributed by atoms with Gasteiger partial charge in [-0.2, -0.15) is 4.98 Å². The van der Waals surface area contributed by atoms with E-state index in [4.69, 9.17) is 9.63 Å². The second kappa shape index (κ2) is 5.95. The smallest absolute Gasteiger partial charge is 0.320 e. The van der Waals surface area contributed by atoms with E-state index in [9.17, 15) is 4.79 Å². The predicted molar refractivity (Wildman–Crippen MR) is 64.0 cm³/mol. The van der Waals surface area contributed by atoms with E-state index in [0.29, 0.717) is 18.9 Å². The van der Waals surface area contributed by atoms with Gasteiger partial charge in [0, 0.05) is 6.42 Å². The van der Waals surface area contributed by atoms with E-state index in [1.165, 1.54) is 0 Å². The maximum absolute atomic E-state index is 11.0. The van der Waals surface area contributed by atoms with E-state index >= 15 is 0 Å². The molecule has 0 radical (unpaired) electrons. The van der Waals surface area contributed by atoms with Crippen LogP contribution in [-0.4, -0.2) is 38.7 Å². The van der Waals surface area contributed by atoms with Crippen molar-refractivity contribution in [2.24, 2.45) is 0 Å². The SMILES string of the molecule is CCCCc1noc(CN2CCCC2C(=O)O)n1. The lowest BCUT2D eigenvalue weighted by Crippen LogP contribution is -2.35. The number of unbranched alkanes of at least 4 members (excludes halogenated alkanes) is 1. The van der Waals surface area contributed by atoms with Crippen LogP contribution in [0, 0.1) is 0 Å². The lowest BCUT2D eigenvalue weighted by atomic mass is 10.2. The zero-order valence-electron chi connectivity index (χ0n) is 10.6. The number of aromatic nitrogens is 2. The van der Waals surface area contributed by atoms with Crippen molar-refractivity contribution < 1.29 is 14.4 Å². The van der Waals surface area contributed by atoms with Gasteiger partial charge in [0.1, 0.15) is 6.04 Å². The second-order valence-corrected chi connectivity index (χ2v) is 4.67. The number of carboxylic acid groups (broad SMARTS) is 1. The minimum atomic E-state index is -0.766. The highest BCUT2D eigenvalue weighted by Crippen LogP contribution is 2.19. The number of rotatable bonds is 6. The third kappa shape index (κ3) is 3.07. The first-order valence-corrected chi connectivity index (χ1v) is 6.49. The minimum absolute atomic E-state index is 0.406. The Morgan fingerprint density at radius 1 is 1.61 bits per heavy atom. The van der Waals surface area contributed by atoms with Gasteiger partial charge in [-0.3, -0.25) is 9.69 Å². The van der Waals surface area contributed by atoms with Crippen LogP contribution in [0.5, 0.6) is 0 Å². The van der Waals surface area contributed by atoms with Gasteiger partial charge >= 0.3 is 5.97 Å². The molecule has 18 heavy (non-hydrogen) atoms. The summed E-state index contributed by atoms with van der Waals surface area (Å²) in [6.45, 7) is 3.34. The fraction of sp³-hybridized carbons (Fsp3) is 0.750. The molecular formula is C12H19N3O3. The van der Waals surface area contributed by atoms with Gasteiger partial charge in [0.15, 0.2) is 5.82 Å². The summed E-state index contributed by atoms with van der Waals surface area (Å²) in [6.07, 6.45) is 4.57. The molecule has 1 aliphatic rings. The predicted octanol–water partition coefficient (Wildman–Crippen LogP) is 1.46. The number of hydrogen-bond donors (Lipinski definition) is 1. The number of aryl methyl sites for hydroxylation is 1. The topological polar surface area (TPSA) is 79.5 Å². The molecule has 1 unspecified atom stereocenters. The van der Waals surface area contributed by atoms with Crippen molar-refractivity contribution in [3.8, 4) is 0 Å². The minimum Gasteiger partial charge on any atom is -0.480 e. The average molecular weight is 253 g/mol. The molecule has 1 aliphatic heterocycles. The molecule has 1 N–H and O–H groups in total. The lowest BCUT2D eigenvalue weighted by molar-refractivity contribution is -0.142. The Balaban J connectivity index is 1.92. The molecule has 0 amide bonds. The summed E-state index contributed by atoms with van der Waals surface area (Å²) < 4.78 is 5.16. The molecule has 0 saturated carbocycles. The maximum atomic E-state index is 11.0. The summed E-state index contributed by atoms with van der Waals surface area (Å²) in [4.78, 5) is 17.2. The molecular weight excluding hydrogens is 234 g/mol. The number of aliphatic carboxylic acids is 1. The monoisotopic (exact) mass is 253 g/mol. The summed E-state index contributed by atoms with van der Waals surface area (Å²) in [5, 5.41) is 13.0. The van der Waals surface area contributed by atoms with Gasteiger partial charge in [-0.05, 0) is 25.8 Å². The number of likely N-dealkylation sites (tertiary alicyclic amines) is 1. The van der Waals surface area contributed by atoms with Crippen LogP contribution in [0.25, 0.3) is 0 Å². The second-order valence-electron chi connectivity index (χ2n) is 4.67. The van der Waals surface area contributed by atoms with E-state index in [2.05, 4.69) is 17.1 Å². The molecule has 1 atom stereocenters. The Hall–Kier alpha value is -1.43. The van der Waals surface area contributed by atoms with Gasteiger partial charge in [-0.25, -0.2) is 0 Å². The molecule has 6 nitrogen and oxygen atoms in total. The zero-order chi connectivity index (χ0) is 13.0. The lowest BCUT2D eigenvalue weighted by Gasteiger charge is -2.18. The fourth-order valence-corrected chi connectivity index (χ4v) is 2.26. The normalized spacial score (nSPS) is 20.4. The van der Waals surface area contributed by atoms with E-state index < -0.39 is 12.0 Å². The molecule has 1 fully saturated rings. The molecule has 0 bridgehead atoms. The summed E-state index contributed by atoms with van der Waals surface area (Å²) in [5.74, 6) is 0.477. The maximum Gasteiger partial charge on any atom is 0.320 e. The van der Waals surface area contributed by atoms with Crippen molar-refractivity contribution in [2.75, 3.05) is 6.54 Å². The molecule has 0 spiro atoms. The van der Waals surface area contributed by atoms with Crippen LogP contribution >= 0.6 is 0 Å². The van der Waals surface area contributed by atoms with Crippen molar-refractivity contribution in [1.82, 2.24) is 15.0 Å². The fourth-order valence-electron chi connectivity index (χ4n) is 2.26. The highest BCUT2D eigenvalue weighted by atomic mass is 16.5. The van der Waals surface area contributed by atoms with Crippen molar-refractivity contribution in [3.05, 3.63) is 11.7 Å². The summed E-state index contributed by atoms with van der Waals surface area (Å²) >= 11 is 0. The van der Waals surface area contributed by atoms with E-state index in [1.807, 2.05) is 4.90 Å². The third-order valence-electron chi connectivity index (χ3n) is 3.25. The van der Waals surface area contributed by atoms with Crippen LogP contribution in [0.15, 0.2) is 4.52 Å². The van der Waals surface area contributed by atoms with Gasteiger partial charge < -0.3 is 9.63 Å². The molecule has 100 valence electrons. The first-order chi connectivity index (χ1) is 8.70. The van der Waals surface area contributed by atoms with Crippen LogP contribution in [0.1, 0.15) is 44.3 Å². The summed E-state index contributed by atoms with van der Waals surface area (Å²) in [7, 11) is 0. The Kier molecular flexibility index (Phi) is 4.30. The largest absolute Gasteiger partial charge is 0.480 e. The number of carbonyl (C=O) groups is 1. The molecule has 0 aromatic carbocycles. The van der Waals surface area contributed by atoms with E-state index in [0.717, 1.165) is 38.1 Å². The van der Waals surface area contributed by atoms with Gasteiger partial charge in [-0.1, -0.05) is 18.5 Å². The van der Waals surface area contributed by atoms with Gasteiger partial charge in [0.05, 0.1) is 6.54 Å². The molecule has 1 saturated heterocycles. The number of hydrogen-bond acceptors (Lipinski definition) is 5. The molecule has 0 aliphatic carbocycles. The molecule has 1 aromatic heterocycles. The summed E-state index contributed by atoms with van der Waals surface area (Å²) in [5.41, 5.74) is 0. The Morgan fingerprint density at radius 3 is 3.17 bits per heavy atom. The Labute approximate surface area is 106 Å². The van der Waals surface area contributed by atoms with Crippen LogP contribution in [0.4, 0.5) is 0 Å². The molecule has 6 heteroatoms. The third-order valence-corrected chi connectivity index (χ3v) is 3.25. The van der Waals surface area contributed by atoms with Crippen molar-refractivity contribution >= 4 is 5.97 Å². The van der Waals surface area contributed by atoms with Crippen LogP contribution in [-0.2, 0) is 17.8 Å². The molecule has 2 rings (SSSR count). The van der Waals surface area contributed by atoms with E-state index in [-0.39, 0.29) is 0 Å². The van der Waals surface area contributed by atoms with Crippen LogP contribution in [0.2, 0.25) is 0 Å². The quantitative estimate of drug-likeness (QED) is 0.826. The van der Waals surface area contributed by atoms with Gasteiger partial charge in [0.2, 0.25) is 5.89 Å². The first-order valence-electron chi connectivity index (χ1n) is 6.49. The van der Waals surface area contributed by atoms with E-state index in [1.54, 1.807) is 0 Å². The number of nitrogens with zero attached hydrogens (tertiary/aromatic N) is 3. The number of carboxylic acids is 1. The van der Waals surface area contributed by atoms with Gasteiger partial charge in [0.25, 0.3) is 0 Å². The van der Waals surface area contributed by atoms with Gasteiger partial charge in [-0.15, -0.1) is 0 Å². The van der Waals surface area contributed by atoms with Crippen molar-refractivity contribution in [1.29, 1.82) is 0 Å². The summed E-state index contributed by atoms with van der Waals surface area (Å²) in [6, 6.07) is -0.406. The van der Waals surface area contributed by atoms with Crippen molar-refractivity contribution in [2.45, 2.75) is 51.6 Å². The Bertz CT molecular complexity index is 405. The standard InChI is InChI=1S/C12H19N3O3/c1-2-3-6-10-13-11(18-14-10)8-15-7-4-5-9(15)12(16)17/h9H,2-8H2,1H3,(H,16,17). The first kappa shape index (κ1) is 13.0. The Morgan fingerprint density at radius 2 is 2.44 bits per heavy atom. The van der Waals surface area contributed by atoms with Crippen molar-refractivity contribution in [3.63, 3.8) is 0 Å². The average Bonchev–Trinajstić information content (AvgIpc) is 2.96. The zero-order valence-corrected chi connectivity index (χ0v) is 10.6. The van der Waals surface area contributed by atoms with Crippen LogP contribution in [0.3, 0.4) is 0 Å². The highest BCUT2D eigenvalue weighted by molar-refractivity contribution is 5.73. The molecule has 1 aromatic rings. The molecule has 2 heterocycles.